The molecule has 1 rings (SSSR count). The molecule has 0 saturated carbocycles. The largest absolute Gasteiger partial charge is 0.493 e. The molecule has 0 spiro atoms. The molecule has 1 N–H and O–H groups in total. The molecule has 86 valence electrons. The maximum absolute atomic E-state index is 10.4. The molecule has 0 saturated heterocycles. The number of carbonyl (C=O) groups is 1. The zero-order valence-electron chi connectivity index (χ0n) is 9.27. The minimum Gasteiger partial charge on any atom is -0.493 e. The first-order valence-corrected chi connectivity index (χ1v) is 4.89. The number of hydrogen-bond acceptors (Lipinski definition) is 3. The first-order chi connectivity index (χ1) is 7.67. The third kappa shape index (κ3) is 3.31. The summed E-state index contributed by atoms with van der Waals surface area (Å²) in [5.41, 5.74) is 0.753. The summed E-state index contributed by atoms with van der Waals surface area (Å²) in [6.07, 6.45) is 2.58. The van der Waals surface area contributed by atoms with Crippen molar-refractivity contribution >= 4 is 12.0 Å². The summed E-state index contributed by atoms with van der Waals surface area (Å²) in [5.74, 6) is 0.264. The van der Waals surface area contributed by atoms with Crippen LogP contribution in [0.3, 0.4) is 0 Å². The summed E-state index contributed by atoms with van der Waals surface area (Å²) < 4.78 is 10.5. The minimum atomic E-state index is -0.979. The van der Waals surface area contributed by atoms with Crippen molar-refractivity contribution in [1.29, 1.82) is 0 Å². The summed E-state index contributed by atoms with van der Waals surface area (Å²) in [5, 5.41) is 8.50. The number of aliphatic carboxylic acids is 1. The van der Waals surface area contributed by atoms with E-state index in [9.17, 15) is 4.79 Å². The third-order valence-corrected chi connectivity index (χ3v) is 1.91. The van der Waals surface area contributed by atoms with Gasteiger partial charge in [-0.25, -0.2) is 4.79 Å². The van der Waals surface area contributed by atoms with E-state index in [-0.39, 0.29) is 0 Å². The van der Waals surface area contributed by atoms with Crippen molar-refractivity contribution < 1.29 is 19.4 Å². The van der Waals surface area contributed by atoms with Gasteiger partial charge < -0.3 is 14.6 Å². The molecule has 0 fully saturated rings. The Balaban J connectivity index is 2.94. The van der Waals surface area contributed by atoms with E-state index in [0.29, 0.717) is 18.1 Å². The Morgan fingerprint density at radius 3 is 2.75 bits per heavy atom. The highest BCUT2D eigenvalue weighted by Gasteiger charge is 2.03. The van der Waals surface area contributed by atoms with Crippen LogP contribution in [0.25, 0.3) is 6.08 Å². The smallest absolute Gasteiger partial charge is 0.328 e. The Morgan fingerprint density at radius 1 is 1.44 bits per heavy atom. The van der Waals surface area contributed by atoms with Gasteiger partial charge in [0.15, 0.2) is 11.5 Å². The summed E-state index contributed by atoms with van der Waals surface area (Å²) >= 11 is 0. The van der Waals surface area contributed by atoms with Gasteiger partial charge in [0.1, 0.15) is 0 Å². The van der Waals surface area contributed by atoms with E-state index in [1.165, 1.54) is 6.08 Å². The second-order valence-corrected chi connectivity index (χ2v) is 3.01. The number of ether oxygens (including phenoxy) is 2. The molecule has 4 nitrogen and oxygen atoms in total. The maximum atomic E-state index is 10.4. The van der Waals surface area contributed by atoms with Gasteiger partial charge in [0, 0.05) is 6.08 Å². The van der Waals surface area contributed by atoms with Crippen molar-refractivity contribution in [2.75, 3.05) is 13.7 Å². The average molecular weight is 222 g/mol. The molecule has 0 aliphatic heterocycles. The molecule has 0 unspecified atom stereocenters. The first kappa shape index (κ1) is 12.1. The quantitative estimate of drug-likeness (QED) is 0.776. The molecule has 0 bridgehead atoms. The summed E-state index contributed by atoms with van der Waals surface area (Å²) in [6, 6.07) is 5.25. The lowest BCUT2D eigenvalue weighted by Crippen LogP contribution is -1.95. The summed E-state index contributed by atoms with van der Waals surface area (Å²) in [4.78, 5) is 10.4. The molecule has 0 atom stereocenters. The predicted octanol–water partition coefficient (Wildman–Crippen LogP) is 2.19. The number of carboxylic acids is 1. The molecule has 0 aromatic heterocycles. The normalized spacial score (nSPS) is 10.4. The van der Waals surface area contributed by atoms with Gasteiger partial charge in [0.05, 0.1) is 13.7 Å². The Hall–Kier alpha value is -1.97. The fourth-order valence-corrected chi connectivity index (χ4v) is 1.23. The van der Waals surface area contributed by atoms with E-state index in [1.807, 2.05) is 6.92 Å². The molecule has 0 aliphatic carbocycles. The fourth-order valence-electron chi connectivity index (χ4n) is 1.23. The van der Waals surface area contributed by atoms with Gasteiger partial charge >= 0.3 is 5.97 Å². The molecular formula is C12H14O4. The van der Waals surface area contributed by atoms with Gasteiger partial charge in [-0.05, 0) is 30.7 Å². The molecule has 4 heteroatoms. The van der Waals surface area contributed by atoms with E-state index < -0.39 is 5.97 Å². The number of rotatable bonds is 5. The van der Waals surface area contributed by atoms with Crippen LogP contribution in [-0.4, -0.2) is 24.8 Å². The second-order valence-electron chi connectivity index (χ2n) is 3.01. The fraction of sp³-hybridized carbons (Fsp3) is 0.250. The molecule has 1 aromatic carbocycles. The van der Waals surface area contributed by atoms with Crippen LogP contribution in [0.4, 0.5) is 0 Å². The number of hydrogen-bond donors (Lipinski definition) is 1. The molecule has 0 amide bonds. The highest BCUT2D eigenvalue weighted by molar-refractivity contribution is 5.85. The molecule has 0 heterocycles. The van der Waals surface area contributed by atoms with Gasteiger partial charge in [0.25, 0.3) is 0 Å². The van der Waals surface area contributed by atoms with Gasteiger partial charge in [0.2, 0.25) is 0 Å². The Kier molecular flexibility index (Phi) is 4.39. The van der Waals surface area contributed by atoms with Gasteiger partial charge in [-0.15, -0.1) is 0 Å². The van der Waals surface area contributed by atoms with E-state index in [0.717, 1.165) is 11.6 Å². The van der Waals surface area contributed by atoms with Crippen LogP contribution >= 0.6 is 0 Å². The van der Waals surface area contributed by atoms with Gasteiger partial charge in [-0.1, -0.05) is 6.07 Å². The third-order valence-electron chi connectivity index (χ3n) is 1.91. The highest BCUT2D eigenvalue weighted by atomic mass is 16.5. The van der Waals surface area contributed by atoms with Gasteiger partial charge in [-0.3, -0.25) is 0 Å². The van der Waals surface area contributed by atoms with E-state index in [4.69, 9.17) is 14.6 Å². The topological polar surface area (TPSA) is 55.8 Å². The van der Waals surface area contributed by atoms with Crippen LogP contribution in [-0.2, 0) is 4.79 Å². The van der Waals surface area contributed by atoms with Crippen molar-refractivity contribution in [3.63, 3.8) is 0 Å². The lowest BCUT2D eigenvalue weighted by Gasteiger charge is -2.09. The van der Waals surface area contributed by atoms with Crippen LogP contribution < -0.4 is 9.47 Å². The van der Waals surface area contributed by atoms with Crippen LogP contribution in [0.2, 0.25) is 0 Å². The monoisotopic (exact) mass is 222 g/mol. The standard InChI is InChI=1S/C12H14O4/c1-3-16-10-6-4-9(5-7-12(13)14)8-11(10)15-2/h4-8H,3H2,1-2H3,(H,13,14)/b7-5+. The molecule has 16 heavy (non-hydrogen) atoms. The molecule has 0 radical (unpaired) electrons. The lowest BCUT2D eigenvalue weighted by molar-refractivity contribution is -0.131. The lowest BCUT2D eigenvalue weighted by atomic mass is 10.2. The van der Waals surface area contributed by atoms with Crippen molar-refractivity contribution in [3.8, 4) is 11.5 Å². The SMILES string of the molecule is CCOc1ccc(/C=C/C(=O)O)cc1OC. The maximum Gasteiger partial charge on any atom is 0.328 e. The highest BCUT2D eigenvalue weighted by Crippen LogP contribution is 2.28. The second kappa shape index (κ2) is 5.80. The zero-order chi connectivity index (χ0) is 12.0. The molecular weight excluding hydrogens is 208 g/mol. The first-order valence-electron chi connectivity index (χ1n) is 4.89. The van der Waals surface area contributed by atoms with Crippen LogP contribution in [0.1, 0.15) is 12.5 Å². The number of carboxylic acid groups (broad SMARTS) is 1. The van der Waals surface area contributed by atoms with E-state index in [2.05, 4.69) is 0 Å². The van der Waals surface area contributed by atoms with E-state index >= 15 is 0 Å². The number of methoxy groups -OCH3 is 1. The van der Waals surface area contributed by atoms with E-state index in [1.54, 1.807) is 25.3 Å². The minimum absolute atomic E-state index is 0.556. The number of benzene rings is 1. The van der Waals surface area contributed by atoms with Crippen molar-refractivity contribution in [2.45, 2.75) is 6.92 Å². The predicted molar refractivity (Wildman–Crippen MR) is 60.8 cm³/mol. The average Bonchev–Trinajstić information content (AvgIpc) is 2.28. The van der Waals surface area contributed by atoms with Crippen LogP contribution in [0, 0.1) is 0 Å². The van der Waals surface area contributed by atoms with Crippen LogP contribution in [0.5, 0.6) is 11.5 Å². The van der Waals surface area contributed by atoms with Crippen molar-refractivity contribution in [2.24, 2.45) is 0 Å². The van der Waals surface area contributed by atoms with Crippen molar-refractivity contribution in [1.82, 2.24) is 0 Å². The van der Waals surface area contributed by atoms with Crippen LogP contribution in [0.15, 0.2) is 24.3 Å². The zero-order valence-corrected chi connectivity index (χ0v) is 9.27. The Bertz CT molecular complexity index is 396. The Labute approximate surface area is 94.1 Å². The van der Waals surface area contributed by atoms with Crippen molar-refractivity contribution in [3.05, 3.63) is 29.8 Å². The Morgan fingerprint density at radius 2 is 2.19 bits per heavy atom. The molecule has 0 aliphatic rings. The van der Waals surface area contributed by atoms with Gasteiger partial charge in [-0.2, -0.15) is 0 Å². The summed E-state index contributed by atoms with van der Waals surface area (Å²) in [7, 11) is 1.54. The summed E-state index contributed by atoms with van der Waals surface area (Å²) in [6.45, 7) is 2.44. The molecule has 1 aromatic rings.